The molecule has 0 aliphatic heterocycles. The van der Waals surface area contributed by atoms with Crippen LogP contribution in [0.5, 0.6) is 0 Å². The van der Waals surface area contributed by atoms with Gasteiger partial charge in [-0.25, -0.2) is 4.98 Å². The van der Waals surface area contributed by atoms with Crippen molar-refractivity contribution in [2.24, 2.45) is 0 Å². The van der Waals surface area contributed by atoms with E-state index in [0.717, 1.165) is 21.5 Å². The lowest BCUT2D eigenvalue weighted by Gasteiger charge is -2.08. The van der Waals surface area contributed by atoms with E-state index in [-0.39, 0.29) is 5.75 Å². The molecule has 18 heavy (non-hydrogen) atoms. The van der Waals surface area contributed by atoms with Gasteiger partial charge in [0.2, 0.25) is 0 Å². The van der Waals surface area contributed by atoms with Gasteiger partial charge >= 0.3 is 5.97 Å². The van der Waals surface area contributed by atoms with Crippen LogP contribution in [-0.2, 0) is 4.79 Å². The van der Waals surface area contributed by atoms with Crippen molar-refractivity contribution in [3.63, 3.8) is 0 Å². The van der Waals surface area contributed by atoms with Gasteiger partial charge in [-0.05, 0) is 49.6 Å². The second-order valence-electron chi connectivity index (χ2n) is 4.44. The molecule has 0 aliphatic carbocycles. The van der Waals surface area contributed by atoms with Crippen molar-refractivity contribution in [3.8, 4) is 0 Å². The van der Waals surface area contributed by atoms with Gasteiger partial charge in [0.15, 0.2) is 0 Å². The van der Waals surface area contributed by atoms with Crippen molar-refractivity contribution in [1.82, 2.24) is 4.98 Å². The van der Waals surface area contributed by atoms with Gasteiger partial charge in [-0.2, -0.15) is 0 Å². The Labute approximate surface area is 110 Å². The number of aryl methyl sites for hydroxylation is 3. The highest BCUT2D eigenvalue weighted by Gasteiger charge is 2.08. The predicted molar refractivity (Wildman–Crippen MR) is 74.3 cm³/mol. The molecule has 4 heteroatoms. The van der Waals surface area contributed by atoms with Gasteiger partial charge in [-0.3, -0.25) is 4.79 Å². The molecular weight excluding hydrogens is 246 g/mol. The number of carboxylic acid groups (broad SMARTS) is 1. The summed E-state index contributed by atoms with van der Waals surface area (Å²) in [5.41, 5.74) is 4.34. The standard InChI is InChI=1S/C14H15NO2S/c1-8-4-9(2)11-6-10(3)14(15-12(11)5-8)18-7-13(16)17/h4-6H,7H2,1-3H3,(H,16,17). The molecule has 0 fully saturated rings. The first-order valence-electron chi connectivity index (χ1n) is 5.70. The molecule has 0 amide bonds. The molecule has 0 saturated heterocycles. The summed E-state index contributed by atoms with van der Waals surface area (Å²) in [7, 11) is 0. The number of carbonyl (C=O) groups is 1. The van der Waals surface area contributed by atoms with Crippen LogP contribution < -0.4 is 0 Å². The molecule has 0 saturated carbocycles. The van der Waals surface area contributed by atoms with E-state index < -0.39 is 5.97 Å². The third-order valence-electron chi connectivity index (χ3n) is 2.76. The van der Waals surface area contributed by atoms with Crippen molar-refractivity contribution in [1.29, 1.82) is 0 Å². The van der Waals surface area contributed by atoms with Crippen molar-refractivity contribution >= 4 is 28.6 Å². The fourth-order valence-electron chi connectivity index (χ4n) is 1.99. The number of rotatable bonds is 3. The number of hydrogen-bond donors (Lipinski definition) is 1. The van der Waals surface area contributed by atoms with E-state index in [1.165, 1.54) is 22.9 Å². The quantitative estimate of drug-likeness (QED) is 0.861. The Hall–Kier alpha value is -1.55. The monoisotopic (exact) mass is 261 g/mol. The third-order valence-corrected chi connectivity index (χ3v) is 3.84. The number of hydrogen-bond acceptors (Lipinski definition) is 3. The van der Waals surface area contributed by atoms with Crippen molar-refractivity contribution in [3.05, 3.63) is 34.9 Å². The summed E-state index contributed by atoms with van der Waals surface area (Å²) in [6.45, 7) is 6.08. The van der Waals surface area contributed by atoms with E-state index in [2.05, 4.69) is 24.0 Å². The van der Waals surface area contributed by atoms with E-state index >= 15 is 0 Å². The highest BCUT2D eigenvalue weighted by Crippen LogP contribution is 2.26. The second kappa shape index (κ2) is 4.98. The molecule has 1 heterocycles. The Kier molecular flexibility index (Phi) is 3.57. The van der Waals surface area contributed by atoms with Crippen LogP contribution in [0.2, 0.25) is 0 Å². The van der Waals surface area contributed by atoms with Crippen molar-refractivity contribution in [2.45, 2.75) is 25.8 Å². The lowest BCUT2D eigenvalue weighted by molar-refractivity contribution is -0.133. The van der Waals surface area contributed by atoms with Crippen LogP contribution >= 0.6 is 11.8 Å². The zero-order chi connectivity index (χ0) is 13.3. The number of aromatic nitrogens is 1. The average molecular weight is 261 g/mol. The van der Waals surface area contributed by atoms with Gasteiger partial charge in [-0.15, -0.1) is 0 Å². The molecule has 0 unspecified atom stereocenters. The molecule has 2 aromatic rings. The minimum absolute atomic E-state index is 0.0458. The Morgan fingerprint density at radius 2 is 1.94 bits per heavy atom. The Morgan fingerprint density at radius 3 is 2.61 bits per heavy atom. The van der Waals surface area contributed by atoms with Gasteiger partial charge in [0.05, 0.1) is 11.3 Å². The number of thioether (sulfide) groups is 1. The molecule has 0 radical (unpaired) electrons. The zero-order valence-corrected chi connectivity index (χ0v) is 11.5. The molecule has 0 spiro atoms. The summed E-state index contributed by atoms with van der Waals surface area (Å²) in [5, 5.41) is 10.7. The second-order valence-corrected chi connectivity index (χ2v) is 5.41. The van der Waals surface area contributed by atoms with Crippen LogP contribution in [0, 0.1) is 20.8 Å². The van der Waals surface area contributed by atoms with Gasteiger partial charge in [-0.1, -0.05) is 17.8 Å². The van der Waals surface area contributed by atoms with Gasteiger partial charge in [0.25, 0.3) is 0 Å². The van der Waals surface area contributed by atoms with Crippen LogP contribution in [0.4, 0.5) is 0 Å². The highest BCUT2D eigenvalue weighted by atomic mass is 32.2. The number of fused-ring (bicyclic) bond motifs is 1. The number of aliphatic carboxylic acids is 1. The Balaban J connectivity index is 2.50. The van der Waals surface area contributed by atoms with E-state index in [4.69, 9.17) is 5.11 Å². The molecule has 3 nitrogen and oxygen atoms in total. The molecule has 1 N–H and O–H groups in total. The van der Waals surface area contributed by atoms with Crippen LogP contribution in [0.25, 0.3) is 10.9 Å². The van der Waals surface area contributed by atoms with Crippen LogP contribution in [0.1, 0.15) is 16.7 Å². The topological polar surface area (TPSA) is 50.2 Å². The largest absolute Gasteiger partial charge is 0.481 e. The van der Waals surface area contributed by atoms with Crippen LogP contribution in [-0.4, -0.2) is 21.8 Å². The van der Waals surface area contributed by atoms with Crippen LogP contribution in [0.15, 0.2) is 23.2 Å². The fourth-order valence-corrected chi connectivity index (χ4v) is 2.70. The maximum Gasteiger partial charge on any atom is 0.313 e. The molecule has 0 atom stereocenters. The number of carboxylic acids is 1. The summed E-state index contributed by atoms with van der Waals surface area (Å²) in [6.07, 6.45) is 0. The average Bonchev–Trinajstić information content (AvgIpc) is 2.27. The van der Waals surface area contributed by atoms with E-state index in [9.17, 15) is 4.79 Å². The van der Waals surface area contributed by atoms with E-state index in [1.807, 2.05) is 19.9 Å². The first-order valence-corrected chi connectivity index (χ1v) is 6.69. The summed E-state index contributed by atoms with van der Waals surface area (Å²) in [4.78, 5) is 15.2. The number of pyridine rings is 1. The third kappa shape index (κ3) is 2.64. The maximum atomic E-state index is 10.6. The highest BCUT2D eigenvalue weighted by molar-refractivity contribution is 7.99. The smallest absolute Gasteiger partial charge is 0.313 e. The fraction of sp³-hybridized carbons (Fsp3) is 0.286. The first-order chi connectivity index (χ1) is 8.47. The summed E-state index contributed by atoms with van der Waals surface area (Å²) < 4.78 is 0. The Morgan fingerprint density at radius 1 is 1.22 bits per heavy atom. The van der Waals surface area contributed by atoms with Gasteiger partial charge in [0.1, 0.15) is 5.03 Å². The summed E-state index contributed by atoms with van der Waals surface area (Å²) in [5.74, 6) is -0.772. The number of benzene rings is 1. The maximum absolute atomic E-state index is 10.6. The normalized spacial score (nSPS) is 10.8. The Bertz CT molecular complexity index is 623. The SMILES string of the molecule is Cc1cc(C)c2cc(C)c(SCC(=O)O)nc2c1. The first kappa shape index (κ1) is 12.9. The van der Waals surface area contributed by atoms with E-state index in [1.54, 1.807) is 0 Å². The predicted octanol–water partition coefficient (Wildman–Crippen LogP) is 3.34. The molecule has 1 aromatic carbocycles. The zero-order valence-electron chi connectivity index (χ0n) is 10.7. The minimum Gasteiger partial charge on any atom is -0.481 e. The molecule has 1 aromatic heterocycles. The summed E-state index contributed by atoms with van der Waals surface area (Å²) in [6, 6.07) is 6.25. The van der Waals surface area contributed by atoms with Crippen LogP contribution in [0.3, 0.4) is 0 Å². The number of nitrogens with zero attached hydrogens (tertiary/aromatic N) is 1. The molecule has 0 aliphatic rings. The lowest BCUT2D eigenvalue weighted by Crippen LogP contribution is -1.99. The lowest BCUT2D eigenvalue weighted by atomic mass is 10.1. The molecule has 2 rings (SSSR count). The molecule has 0 bridgehead atoms. The van der Waals surface area contributed by atoms with Crippen molar-refractivity contribution in [2.75, 3.05) is 5.75 Å². The molecular formula is C14H15NO2S. The summed E-state index contributed by atoms with van der Waals surface area (Å²) >= 11 is 1.27. The molecule has 94 valence electrons. The van der Waals surface area contributed by atoms with Gasteiger partial charge in [0, 0.05) is 5.39 Å². The van der Waals surface area contributed by atoms with E-state index in [0.29, 0.717) is 0 Å². The van der Waals surface area contributed by atoms with Gasteiger partial charge < -0.3 is 5.11 Å². The van der Waals surface area contributed by atoms with Crippen molar-refractivity contribution < 1.29 is 9.90 Å². The minimum atomic E-state index is -0.818.